The molecule has 0 saturated heterocycles. The topological polar surface area (TPSA) is 29.5 Å². The maximum absolute atomic E-state index is 12.7. The van der Waals surface area contributed by atoms with E-state index in [-0.39, 0.29) is 5.91 Å². The maximum Gasteiger partial charge on any atom is 0.268 e. The molecule has 1 atom stereocenters. The van der Waals surface area contributed by atoms with Gasteiger partial charge in [-0.2, -0.15) is 0 Å². The second kappa shape index (κ2) is 6.68. The first-order chi connectivity index (χ1) is 12.6. The fraction of sp³-hybridized carbons (Fsp3) is 0.174. The predicted octanol–water partition coefficient (Wildman–Crippen LogP) is 4.98. The molecule has 1 amide bonds. The number of hydrogen-bond acceptors (Lipinski definition) is 2. The number of carbonyl (C=O) groups is 1. The summed E-state index contributed by atoms with van der Waals surface area (Å²) in [7, 11) is 0. The molecule has 0 aliphatic carbocycles. The van der Waals surface area contributed by atoms with Crippen LogP contribution in [0, 0.1) is 6.92 Å². The van der Waals surface area contributed by atoms with Crippen molar-refractivity contribution in [1.29, 1.82) is 0 Å². The third-order valence-electron chi connectivity index (χ3n) is 4.70. The Hall–Kier alpha value is -3.07. The van der Waals surface area contributed by atoms with Crippen molar-refractivity contribution >= 4 is 11.6 Å². The second-order valence-electron chi connectivity index (χ2n) is 6.72. The van der Waals surface area contributed by atoms with Crippen molar-refractivity contribution in [2.45, 2.75) is 26.5 Å². The first-order valence-corrected chi connectivity index (χ1v) is 8.85. The van der Waals surface area contributed by atoms with E-state index in [1.54, 1.807) is 6.92 Å². The highest BCUT2D eigenvalue weighted by Crippen LogP contribution is 2.36. The van der Waals surface area contributed by atoms with Crippen LogP contribution in [-0.4, -0.2) is 12.0 Å². The summed E-state index contributed by atoms with van der Waals surface area (Å²) < 4.78 is 5.79. The Labute approximate surface area is 153 Å². The molecule has 3 heteroatoms. The number of nitrogens with zero attached hydrogens (tertiary/aromatic N) is 1. The number of rotatable bonds is 3. The minimum atomic E-state index is -0.471. The highest BCUT2D eigenvalue weighted by molar-refractivity contribution is 5.99. The van der Waals surface area contributed by atoms with Gasteiger partial charge in [-0.3, -0.25) is 4.79 Å². The molecule has 3 aromatic rings. The molecule has 0 aromatic heterocycles. The Balaban J connectivity index is 1.68. The highest BCUT2D eigenvalue weighted by Gasteiger charge is 2.31. The zero-order valence-electron chi connectivity index (χ0n) is 15.0. The summed E-state index contributed by atoms with van der Waals surface area (Å²) in [6.07, 6.45) is -0.471. The monoisotopic (exact) mass is 343 g/mol. The van der Waals surface area contributed by atoms with Crippen molar-refractivity contribution in [3.63, 3.8) is 0 Å². The van der Waals surface area contributed by atoms with Gasteiger partial charge in [-0.15, -0.1) is 0 Å². The van der Waals surface area contributed by atoms with Crippen molar-refractivity contribution in [2.24, 2.45) is 0 Å². The Morgan fingerprint density at radius 3 is 2.50 bits per heavy atom. The Morgan fingerprint density at radius 2 is 1.69 bits per heavy atom. The minimum absolute atomic E-state index is 0.00790. The SMILES string of the molecule is Cc1ccc2c(c1)OC(C)C(=O)N2Cc1cccc(-c2ccccc2)c1. The Bertz CT molecular complexity index is 949. The minimum Gasteiger partial charge on any atom is -0.479 e. The fourth-order valence-corrected chi connectivity index (χ4v) is 3.34. The molecule has 26 heavy (non-hydrogen) atoms. The molecule has 1 aliphatic heterocycles. The molecule has 4 rings (SSSR count). The lowest BCUT2D eigenvalue weighted by Gasteiger charge is -2.33. The number of aryl methyl sites for hydroxylation is 1. The lowest BCUT2D eigenvalue weighted by atomic mass is 10.0. The van der Waals surface area contributed by atoms with Gasteiger partial charge in [-0.25, -0.2) is 0 Å². The number of fused-ring (bicyclic) bond motifs is 1. The molecule has 0 N–H and O–H groups in total. The van der Waals surface area contributed by atoms with Crippen molar-refractivity contribution in [1.82, 2.24) is 0 Å². The van der Waals surface area contributed by atoms with Crippen molar-refractivity contribution in [3.8, 4) is 16.9 Å². The number of amides is 1. The quantitative estimate of drug-likeness (QED) is 0.671. The average molecular weight is 343 g/mol. The van der Waals surface area contributed by atoms with E-state index in [0.717, 1.165) is 28.1 Å². The molecule has 3 nitrogen and oxygen atoms in total. The molecule has 1 unspecified atom stereocenters. The number of anilines is 1. The summed E-state index contributed by atoms with van der Waals surface area (Å²) in [5.74, 6) is 0.766. The Kier molecular flexibility index (Phi) is 4.21. The number of carbonyl (C=O) groups excluding carboxylic acids is 1. The van der Waals surface area contributed by atoms with Gasteiger partial charge in [-0.05, 0) is 54.3 Å². The van der Waals surface area contributed by atoms with E-state index in [9.17, 15) is 4.79 Å². The van der Waals surface area contributed by atoms with Crippen LogP contribution in [0.3, 0.4) is 0 Å². The molecule has 0 saturated carbocycles. The second-order valence-corrected chi connectivity index (χ2v) is 6.72. The van der Waals surface area contributed by atoms with Gasteiger partial charge in [0.1, 0.15) is 5.75 Å². The summed E-state index contributed by atoms with van der Waals surface area (Å²) in [4.78, 5) is 14.6. The predicted molar refractivity (Wildman–Crippen MR) is 104 cm³/mol. The molecular formula is C23H21NO2. The third-order valence-corrected chi connectivity index (χ3v) is 4.70. The van der Waals surface area contributed by atoms with Gasteiger partial charge in [0.2, 0.25) is 0 Å². The average Bonchev–Trinajstić information content (AvgIpc) is 2.66. The van der Waals surface area contributed by atoms with Crippen molar-refractivity contribution in [3.05, 3.63) is 83.9 Å². The summed E-state index contributed by atoms with van der Waals surface area (Å²) in [5, 5.41) is 0. The molecule has 130 valence electrons. The number of ether oxygens (including phenoxy) is 1. The lowest BCUT2D eigenvalue weighted by molar-refractivity contribution is -0.125. The van der Waals surface area contributed by atoms with Gasteiger partial charge in [-0.1, -0.05) is 54.6 Å². The van der Waals surface area contributed by atoms with Gasteiger partial charge < -0.3 is 9.64 Å². The summed E-state index contributed by atoms with van der Waals surface area (Å²) in [6, 6.07) is 24.6. The van der Waals surface area contributed by atoms with Crippen LogP contribution in [0.4, 0.5) is 5.69 Å². The molecule has 0 spiro atoms. The van der Waals surface area contributed by atoms with E-state index in [4.69, 9.17) is 4.74 Å². The molecule has 1 aliphatic rings. The van der Waals surface area contributed by atoms with E-state index in [0.29, 0.717) is 6.54 Å². The Morgan fingerprint density at radius 1 is 0.923 bits per heavy atom. The zero-order chi connectivity index (χ0) is 18.1. The zero-order valence-corrected chi connectivity index (χ0v) is 15.0. The molecule has 0 fully saturated rings. The third kappa shape index (κ3) is 3.08. The summed E-state index contributed by atoms with van der Waals surface area (Å²) >= 11 is 0. The molecule has 0 radical (unpaired) electrons. The van der Waals surface area contributed by atoms with Gasteiger partial charge in [0, 0.05) is 0 Å². The van der Waals surface area contributed by atoms with Crippen LogP contribution in [0.2, 0.25) is 0 Å². The van der Waals surface area contributed by atoms with E-state index in [1.807, 2.05) is 54.3 Å². The maximum atomic E-state index is 12.7. The van der Waals surface area contributed by atoms with Crippen LogP contribution in [0.25, 0.3) is 11.1 Å². The first kappa shape index (κ1) is 16.4. The van der Waals surface area contributed by atoms with Crippen LogP contribution in [0.1, 0.15) is 18.1 Å². The van der Waals surface area contributed by atoms with E-state index in [1.165, 1.54) is 5.56 Å². The van der Waals surface area contributed by atoms with Gasteiger partial charge >= 0.3 is 0 Å². The standard InChI is InChI=1S/C23H21NO2/c1-16-11-12-21-22(13-16)26-17(2)23(25)24(21)15-18-7-6-10-20(14-18)19-8-4-3-5-9-19/h3-14,17H,15H2,1-2H3. The largest absolute Gasteiger partial charge is 0.479 e. The van der Waals surface area contributed by atoms with Crippen LogP contribution in [-0.2, 0) is 11.3 Å². The van der Waals surface area contributed by atoms with Crippen molar-refractivity contribution < 1.29 is 9.53 Å². The van der Waals surface area contributed by atoms with Gasteiger partial charge in [0.05, 0.1) is 12.2 Å². The first-order valence-electron chi connectivity index (χ1n) is 8.85. The van der Waals surface area contributed by atoms with Crippen LogP contribution < -0.4 is 9.64 Å². The number of hydrogen-bond donors (Lipinski definition) is 0. The lowest BCUT2D eigenvalue weighted by Crippen LogP contribution is -2.44. The smallest absolute Gasteiger partial charge is 0.268 e. The van der Waals surface area contributed by atoms with E-state index in [2.05, 4.69) is 30.3 Å². The fourth-order valence-electron chi connectivity index (χ4n) is 3.34. The van der Waals surface area contributed by atoms with E-state index >= 15 is 0 Å². The van der Waals surface area contributed by atoms with E-state index < -0.39 is 6.10 Å². The van der Waals surface area contributed by atoms with Gasteiger partial charge in [0.25, 0.3) is 5.91 Å². The van der Waals surface area contributed by atoms with Crippen LogP contribution in [0.15, 0.2) is 72.8 Å². The van der Waals surface area contributed by atoms with Crippen LogP contribution in [0.5, 0.6) is 5.75 Å². The molecule has 3 aromatic carbocycles. The number of benzene rings is 3. The van der Waals surface area contributed by atoms with Gasteiger partial charge in [0.15, 0.2) is 6.10 Å². The molecule has 0 bridgehead atoms. The van der Waals surface area contributed by atoms with Crippen LogP contribution >= 0.6 is 0 Å². The summed E-state index contributed by atoms with van der Waals surface area (Å²) in [5.41, 5.74) is 5.38. The highest BCUT2D eigenvalue weighted by atomic mass is 16.5. The molecular weight excluding hydrogens is 322 g/mol. The normalized spacial score (nSPS) is 16.2. The van der Waals surface area contributed by atoms with Crippen molar-refractivity contribution in [2.75, 3.05) is 4.90 Å². The molecule has 1 heterocycles. The summed E-state index contributed by atoms with van der Waals surface area (Å²) in [6.45, 7) is 4.36.